The Morgan fingerprint density at radius 3 is 2.43 bits per heavy atom. The summed E-state index contributed by atoms with van der Waals surface area (Å²) in [5, 5.41) is 2.97. The molecule has 3 nitrogen and oxygen atoms in total. The van der Waals surface area contributed by atoms with E-state index in [1.165, 1.54) is 0 Å². The van der Waals surface area contributed by atoms with Crippen molar-refractivity contribution in [1.82, 2.24) is 0 Å². The van der Waals surface area contributed by atoms with E-state index in [-0.39, 0.29) is 5.91 Å². The average molecular weight is 348 g/mol. The van der Waals surface area contributed by atoms with E-state index in [1.54, 1.807) is 7.11 Å². The molecule has 0 aliphatic carbocycles. The van der Waals surface area contributed by atoms with Gasteiger partial charge in [0.1, 0.15) is 5.75 Å². The summed E-state index contributed by atoms with van der Waals surface area (Å²) in [6, 6.07) is 11.6. The van der Waals surface area contributed by atoms with E-state index in [4.69, 9.17) is 4.74 Å². The summed E-state index contributed by atoms with van der Waals surface area (Å²) in [5.41, 5.74) is 3.99. The fraction of sp³-hybridized carbons (Fsp3) is 0.235. The predicted octanol–water partition coefficient (Wildman–Crippen LogP) is 4.26. The molecule has 0 spiro atoms. The van der Waals surface area contributed by atoms with Crippen LogP contribution in [0.5, 0.6) is 5.75 Å². The summed E-state index contributed by atoms with van der Waals surface area (Å²) < 4.78 is 6.01. The van der Waals surface area contributed by atoms with Gasteiger partial charge in [0, 0.05) is 4.47 Å². The molecule has 0 saturated heterocycles. The highest BCUT2D eigenvalue weighted by Crippen LogP contribution is 2.28. The summed E-state index contributed by atoms with van der Waals surface area (Å²) in [7, 11) is 1.62. The normalized spacial score (nSPS) is 10.3. The molecule has 0 atom stereocenters. The van der Waals surface area contributed by atoms with Crippen molar-refractivity contribution >= 4 is 27.5 Å². The van der Waals surface area contributed by atoms with E-state index in [2.05, 4.69) is 21.2 Å². The van der Waals surface area contributed by atoms with Crippen LogP contribution in [0.25, 0.3) is 0 Å². The first-order valence-corrected chi connectivity index (χ1v) is 7.48. The number of nitrogens with one attached hydrogen (secondary N) is 1. The molecule has 2 aromatic rings. The van der Waals surface area contributed by atoms with Gasteiger partial charge >= 0.3 is 0 Å². The highest BCUT2D eigenvalue weighted by atomic mass is 79.9. The number of hydrogen-bond donors (Lipinski definition) is 1. The fourth-order valence-corrected chi connectivity index (χ4v) is 2.96. The lowest BCUT2D eigenvalue weighted by Gasteiger charge is -2.12. The van der Waals surface area contributed by atoms with Gasteiger partial charge in [-0.2, -0.15) is 0 Å². The lowest BCUT2D eigenvalue weighted by atomic mass is 10.1. The van der Waals surface area contributed by atoms with Crippen LogP contribution in [-0.4, -0.2) is 13.0 Å². The van der Waals surface area contributed by atoms with E-state index in [0.29, 0.717) is 6.42 Å². The molecular weight excluding hydrogens is 330 g/mol. The number of hydrogen-bond acceptors (Lipinski definition) is 2. The third-order valence-electron chi connectivity index (χ3n) is 3.22. The summed E-state index contributed by atoms with van der Waals surface area (Å²) >= 11 is 3.50. The Bertz CT molecular complexity index is 627. The monoisotopic (exact) mass is 347 g/mol. The van der Waals surface area contributed by atoms with Crippen molar-refractivity contribution in [3.05, 3.63) is 57.6 Å². The topological polar surface area (TPSA) is 38.3 Å². The first kappa shape index (κ1) is 15.6. The minimum absolute atomic E-state index is 0.0344. The minimum atomic E-state index is -0.0344. The molecule has 0 aliphatic rings. The number of halogens is 1. The Kier molecular flexibility index (Phi) is 5.02. The maximum absolute atomic E-state index is 12.2. The predicted molar refractivity (Wildman–Crippen MR) is 88.9 cm³/mol. The molecule has 4 heteroatoms. The Hall–Kier alpha value is -1.81. The van der Waals surface area contributed by atoms with Gasteiger partial charge < -0.3 is 10.1 Å². The number of amides is 1. The number of benzene rings is 2. The van der Waals surface area contributed by atoms with Crippen molar-refractivity contribution in [1.29, 1.82) is 0 Å². The Labute approximate surface area is 133 Å². The van der Waals surface area contributed by atoms with Crippen LogP contribution in [-0.2, 0) is 11.2 Å². The molecule has 0 unspecified atom stereocenters. The number of carbonyl (C=O) groups excluding carboxylic acids is 1. The van der Waals surface area contributed by atoms with Gasteiger partial charge in [0.05, 0.1) is 19.2 Å². The summed E-state index contributed by atoms with van der Waals surface area (Å²) in [6.45, 7) is 4.02. The summed E-state index contributed by atoms with van der Waals surface area (Å²) in [4.78, 5) is 12.2. The Balaban J connectivity index is 2.08. The molecular formula is C17H18BrNO2. The molecule has 1 amide bonds. The Morgan fingerprint density at radius 1 is 1.19 bits per heavy atom. The van der Waals surface area contributed by atoms with Crippen molar-refractivity contribution in [2.75, 3.05) is 12.4 Å². The minimum Gasteiger partial charge on any atom is -0.497 e. The van der Waals surface area contributed by atoms with Crippen LogP contribution in [0.15, 0.2) is 40.9 Å². The molecule has 0 saturated carbocycles. The number of methoxy groups -OCH3 is 1. The number of carbonyl (C=O) groups is 1. The van der Waals surface area contributed by atoms with E-state index in [0.717, 1.165) is 32.6 Å². The molecule has 1 N–H and O–H groups in total. The van der Waals surface area contributed by atoms with Gasteiger partial charge in [-0.3, -0.25) is 4.79 Å². The van der Waals surface area contributed by atoms with Crippen LogP contribution in [0.3, 0.4) is 0 Å². The lowest BCUT2D eigenvalue weighted by molar-refractivity contribution is -0.115. The summed E-state index contributed by atoms with van der Waals surface area (Å²) in [5.74, 6) is 0.754. The molecule has 2 rings (SSSR count). The zero-order valence-electron chi connectivity index (χ0n) is 12.4. The fourth-order valence-electron chi connectivity index (χ4n) is 2.19. The van der Waals surface area contributed by atoms with E-state index in [1.807, 2.05) is 50.2 Å². The molecule has 0 fully saturated rings. The maximum Gasteiger partial charge on any atom is 0.228 e. The highest BCUT2D eigenvalue weighted by molar-refractivity contribution is 9.10. The number of ether oxygens (including phenoxy) is 1. The lowest BCUT2D eigenvalue weighted by Crippen LogP contribution is -2.15. The van der Waals surface area contributed by atoms with Crippen molar-refractivity contribution in [3.8, 4) is 5.75 Å². The number of aryl methyl sites for hydroxylation is 2. The van der Waals surface area contributed by atoms with Gasteiger partial charge in [-0.15, -0.1) is 0 Å². The van der Waals surface area contributed by atoms with Gasteiger partial charge in [0.25, 0.3) is 0 Å². The van der Waals surface area contributed by atoms with Crippen molar-refractivity contribution in [2.24, 2.45) is 0 Å². The highest BCUT2D eigenvalue weighted by Gasteiger charge is 2.10. The second-order valence-corrected chi connectivity index (χ2v) is 5.87. The quantitative estimate of drug-likeness (QED) is 0.897. The molecule has 0 radical (unpaired) electrons. The zero-order chi connectivity index (χ0) is 15.4. The van der Waals surface area contributed by atoms with Crippen LogP contribution in [0.4, 0.5) is 5.69 Å². The number of rotatable bonds is 4. The van der Waals surface area contributed by atoms with Crippen LogP contribution in [0, 0.1) is 13.8 Å². The van der Waals surface area contributed by atoms with Crippen molar-refractivity contribution < 1.29 is 9.53 Å². The van der Waals surface area contributed by atoms with Crippen LogP contribution < -0.4 is 10.1 Å². The second-order valence-electron chi connectivity index (χ2n) is 5.01. The van der Waals surface area contributed by atoms with E-state index in [9.17, 15) is 4.79 Å². The SMILES string of the molecule is COc1ccc(CC(=O)Nc2c(C)cc(C)cc2Br)cc1. The van der Waals surface area contributed by atoms with Crippen LogP contribution in [0.2, 0.25) is 0 Å². The third kappa shape index (κ3) is 4.08. The van der Waals surface area contributed by atoms with Gasteiger partial charge in [0.2, 0.25) is 5.91 Å². The largest absolute Gasteiger partial charge is 0.497 e. The molecule has 21 heavy (non-hydrogen) atoms. The van der Waals surface area contributed by atoms with Gasteiger partial charge in [0.15, 0.2) is 0 Å². The summed E-state index contributed by atoms with van der Waals surface area (Å²) in [6.07, 6.45) is 0.337. The first-order valence-electron chi connectivity index (χ1n) is 6.69. The zero-order valence-corrected chi connectivity index (χ0v) is 14.0. The maximum atomic E-state index is 12.2. The third-order valence-corrected chi connectivity index (χ3v) is 3.85. The molecule has 0 bridgehead atoms. The smallest absolute Gasteiger partial charge is 0.228 e. The van der Waals surface area contributed by atoms with Crippen molar-refractivity contribution in [3.63, 3.8) is 0 Å². The van der Waals surface area contributed by atoms with Gasteiger partial charge in [-0.05, 0) is 64.7 Å². The first-order chi connectivity index (χ1) is 9.99. The molecule has 2 aromatic carbocycles. The van der Waals surface area contributed by atoms with Gasteiger partial charge in [-0.25, -0.2) is 0 Å². The molecule has 0 aliphatic heterocycles. The van der Waals surface area contributed by atoms with E-state index < -0.39 is 0 Å². The molecule has 110 valence electrons. The second kappa shape index (κ2) is 6.76. The van der Waals surface area contributed by atoms with Crippen LogP contribution >= 0.6 is 15.9 Å². The Morgan fingerprint density at radius 2 is 1.86 bits per heavy atom. The average Bonchev–Trinajstić information content (AvgIpc) is 2.43. The van der Waals surface area contributed by atoms with Crippen LogP contribution in [0.1, 0.15) is 16.7 Å². The molecule has 0 heterocycles. The van der Waals surface area contributed by atoms with Crippen molar-refractivity contribution in [2.45, 2.75) is 20.3 Å². The van der Waals surface area contributed by atoms with E-state index >= 15 is 0 Å². The molecule has 0 aromatic heterocycles. The van der Waals surface area contributed by atoms with Gasteiger partial charge in [-0.1, -0.05) is 18.2 Å². The standard InChI is InChI=1S/C17H18BrNO2/c1-11-8-12(2)17(15(18)9-11)19-16(20)10-13-4-6-14(21-3)7-5-13/h4-9H,10H2,1-3H3,(H,19,20). The number of anilines is 1.